The monoisotopic (exact) mass is 380 g/mol. The van der Waals surface area contributed by atoms with Crippen molar-refractivity contribution in [1.29, 1.82) is 0 Å². The highest BCUT2D eigenvalue weighted by Gasteiger charge is 2.44. The lowest BCUT2D eigenvalue weighted by molar-refractivity contribution is -0.224. The van der Waals surface area contributed by atoms with Gasteiger partial charge in [-0.05, 0) is 24.1 Å². The van der Waals surface area contributed by atoms with E-state index in [9.17, 15) is 18.0 Å². The van der Waals surface area contributed by atoms with Crippen molar-refractivity contribution in [2.24, 2.45) is 0 Å². The van der Waals surface area contributed by atoms with Gasteiger partial charge >= 0.3 is 12.1 Å². The molecule has 0 saturated heterocycles. The number of hydrogen-bond acceptors (Lipinski definition) is 3. The Morgan fingerprint density at radius 2 is 1.67 bits per heavy atom. The molecule has 0 fully saturated rings. The third kappa shape index (κ3) is 6.96. The first-order chi connectivity index (χ1) is 12.9. The summed E-state index contributed by atoms with van der Waals surface area (Å²) >= 11 is 0. The van der Waals surface area contributed by atoms with Crippen molar-refractivity contribution in [2.45, 2.75) is 51.5 Å². The van der Waals surface area contributed by atoms with E-state index in [1.165, 1.54) is 24.3 Å². The smallest absolute Gasteiger partial charge is 0.429 e. The molecule has 2 aromatic carbocycles. The van der Waals surface area contributed by atoms with Gasteiger partial charge in [0, 0.05) is 12.0 Å². The fraction of sp³-hybridized carbons (Fsp3) is 0.381. The van der Waals surface area contributed by atoms with Crippen LogP contribution in [0.4, 0.5) is 13.2 Å². The molecule has 0 aliphatic heterocycles. The number of ether oxygens (including phenoxy) is 2. The van der Waals surface area contributed by atoms with E-state index in [-0.39, 0.29) is 12.0 Å². The van der Waals surface area contributed by atoms with E-state index in [1.54, 1.807) is 0 Å². The van der Waals surface area contributed by atoms with Crippen LogP contribution >= 0.6 is 0 Å². The molecule has 1 unspecified atom stereocenters. The van der Waals surface area contributed by atoms with Gasteiger partial charge < -0.3 is 9.47 Å². The molecule has 0 bridgehead atoms. The molecule has 0 N–H and O–H groups in total. The Morgan fingerprint density at radius 1 is 1.00 bits per heavy atom. The maximum absolute atomic E-state index is 13.3. The predicted molar refractivity (Wildman–Crippen MR) is 96.2 cm³/mol. The van der Waals surface area contributed by atoms with E-state index in [0.717, 1.165) is 18.4 Å². The van der Waals surface area contributed by atoms with Crippen LogP contribution < -0.4 is 4.74 Å². The van der Waals surface area contributed by atoms with E-state index >= 15 is 0 Å². The summed E-state index contributed by atoms with van der Waals surface area (Å²) < 4.78 is 50.2. The number of benzene rings is 2. The van der Waals surface area contributed by atoms with E-state index < -0.39 is 18.2 Å². The summed E-state index contributed by atoms with van der Waals surface area (Å²) in [5.74, 6) is -0.395. The number of carbonyl (C=O) groups is 1. The third-order valence-corrected chi connectivity index (χ3v) is 3.96. The molecule has 2 rings (SSSR count). The Bertz CT molecular complexity index is 697. The van der Waals surface area contributed by atoms with Crippen LogP contribution in [-0.2, 0) is 16.1 Å². The molecule has 0 aliphatic rings. The molecule has 0 aliphatic carbocycles. The minimum atomic E-state index is -4.67. The Morgan fingerprint density at radius 3 is 2.26 bits per heavy atom. The first kappa shape index (κ1) is 20.8. The Kier molecular flexibility index (Phi) is 7.70. The van der Waals surface area contributed by atoms with Crippen LogP contribution in [0.1, 0.15) is 49.8 Å². The lowest BCUT2D eigenvalue weighted by Crippen LogP contribution is -2.26. The number of alkyl halides is 3. The second kappa shape index (κ2) is 10.00. The van der Waals surface area contributed by atoms with Gasteiger partial charge in [-0.2, -0.15) is 13.2 Å². The fourth-order valence-electron chi connectivity index (χ4n) is 2.51. The number of unbranched alkanes of at least 4 members (excludes halogenated alkanes) is 2. The van der Waals surface area contributed by atoms with Gasteiger partial charge in [-0.25, -0.2) is 0 Å². The average molecular weight is 380 g/mol. The molecule has 0 aromatic heterocycles. The molecule has 0 amide bonds. The molecular weight excluding hydrogens is 357 g/mol. The van der Waals surface area contributed by atoms with E-state index in [0.29, 0.717) is 18.8 Å². The number of halogens is 3. The molecule has 146 valence electrons. The molecule has 6 heteroatoms. The van der Waals surface area contributed by atoms with Gasteiger partial charge in [0.05, 0.1) is 0 Å². The summed E-state index contributed by atoms with van der Waals surface area (Å²) in [4.78, 5) is 11.7. The lowest BCUT2D eigenvalue weighted by Gasteiger charge is -2.21. The van der Waals surface area contributed by atoms with Gasteiger partial charge in [0.1, 0.15) is 12.4 Å². The highest BCUT2D eigenvalue weighted by molar-refractivity contribution is 5.69. The van der Waals surface area contributed by atoms with Gasteiger partial charge in [-0.15, -0.1) is 0 Å². The molecule has 27 heavy (non-hydrogen) atoms. The first-order valence-electron chi connectivity index (χ1n) is 8.93. The van der Waals surface area contributed by atoms with Gasteiger partial charge in [0.15, 0.2) is 0 Å². The predicted octanol–water partition coefficient (Wildman–Crippen LogP) is 5.99. The van der Waals surface area contributed by atoms with Crippen molar-refractivity contribution in [1.82, 2.24) is 0 Å². The number of esters is 1. The summed E-state index contributed by atoms with van der Waals surface area (Å²) in [6.45, 7) is 2.26. The van der Waals surface area contributed by atoms with Crippen molar-refractivity contribution < 1.29 is 27.4 Å². The van der Waals surface area contributed by atoms with Gasteiger partial charge in [-0.1, -0.05) is 62.2 Å². The van der Waals surface area contributed by atoms with Crippen molar-refractivity contribution in [2.75, 3.05) is 0 Å². The molecule has 3 nitrogen and oxygen atoms in total. The van der Waals surface area contributed by atoms with Crippen molar-refractivity contribution in [3.8, 4) is 5.75 Å². The third-order valence-electron chi connectivity index (χ3n) is 3.96. The largest absolute Gasteiger partial charge is 0.489 e. The Hall–Kier alpha value is -2.50. The molecule has 0 spiro atoms. The fourth-order valence-corrected chi connectivity index (χ4v) is 2.51. The number of carbonyl (C=O) groups excluding carboxylic acids is 1. The van der Waals surface area contributed by atoms with E-state index in [4.69, 9.17) is 9.47 Å². The van der Waals surface area contributed by atoms with Crippen LogP contribution in [0.15, 0.2) is 54.6 Å². The Labute approximate surface area is 157 Å². The van der Waals surface area contributed by atoms with Crippen LogP contribution in [0.2, 0.25) is 0 Å². The van der Waals surface area contributed by atoms with Gasteiger partial charge in [-0.3, -0.25) is 4.79 Å². The average Bonchev–Trinajstić information content (AvgIpc) is 2.65. The zero-order valence-corrected chi connectivity index (χ0v) is 15.2. The number of rotatable bonds is 9. The summed E-state index contributed by atoms with van der Waals surface area (Å²) in [6.07, 6.45) is -4.79. The normalized spacial score (nSPS) is 12.4. The van der Waals surface area contributed by atoms with Crippen molar-refractivity contribution in [3.63, 3.8) is 0 Å². The molecule has 0 radical (unpaired) electrons. The second-order valence-corrected chi connectivity index (χ2v) is 6.21. The standard InChI is InChI=1S/C21H23F3O3/c1-2-3-5-10-19(25)27-20(21(22,23)24)17-11-13-18(14-12-17)26-15-16-8-6-4-7-9-16/h4,6-9,11-14,20H,2-3,5,10,15H2,1H3. The summed E-state index contributed by atoms with van der Waals surface area (Å²) in [7, 11) is 0. The topological polar surface area (TPSA) is 35.5 Å². The SMILES string of the molecule is CCCCCC(=O)OC(c1ccc(OCc2ccccc2)cc1)C(F)(F)F. The number of hydrogen-bond donors (Lipinski definition) is 0. The van der Waals surface area contributed by atoms with Crippen molar-refractivity contribution >= 4 is 5.97 Å². The maximum Gasteiger partial charge on any atom is 0.429 e. The zero-order chi connectivity index (χ0) is 19.7. The molecule has 0 heterocycles. The molecule has 1 atom stereocenters. The quantitative estimate of drug-likeness (QED) is 0.396. The van der Waals surface area contributed by atoms with Crippen molar-refractivity contribution in [3.05, 3.63) is 65.7 Å². The van der Waals surface area contributed by atoms with Crippen LogP contribution in [0, 0.1) is 0 Å². The summed E-state index contributed by atoms with van der Waals surface area (Å²) in [6, 6.07) is 14.9. The molecule has 2 aromatic rings. The summed E-state index contributed by atoms with van der Waals surface area (Å²) in [5, 5.41) is 0. The Balaban J connectivity index is 2.00. The van der Waals surface area contributed by atoms with Crippen LogP contribution in [0.3, 0.4) is 0 Å². The zero-order valence-electron chi connectivity index (χ0n) is 15.2. The van der Waals surface area contributed by atoms with Crippen LogP contribution in [-0.4, -0.2) is 12.1 Å². The van der Waals surface area contributed by atoms with Crippen LogP contribution in [0.25, 0.3) is 0 Å². The minimum absolute atomic E-state index is 0.0152. The first-order valence-corrected chi connectivity index (χ1v) is 8.93. The van der Waals surface area contributed by atoms with E-state index in [2.05, 4.69) is 0 Å². The lowest BCUT2D eigenvalue weighted by atomic mass is 10.1. The molecule has 0 saturated carbocycles. The van der Waals surface area contributed by atoms with Crippen LogP contribution in [0.5, 0.6) is 5.75 Å². The highest BCUT2D eigenvalue weighted by Crippen LogP contribution is 2.36. The molecular formula is C21H23F3O3. The highest BCUT2D eigenvalue weighted by atomic mass is 19.4. The van der Waals surface area contributed by atoms with E-state index in [1.807, 2.05) is 37.3 Å². The van der Waals surface area contributed by atoms with Gasteiger partial charge in [0.2, 0.25) is 6.10 Å². The maximum atomic E-state index is 13.3. The van der Waals surface area contributed by atoms with Gasteiger partial charge in [0.25, 0.3) is 0 Å². The second-order valence-electron chi connectivity index (χ2n) is 6.21. The summed E-state index contributed by atoms with van der Waals surface area (Å²) in [5.41, 5.74) is 0.828. The minimum Gasteiger partial charge on any atom is -0.489 e.